The standard InChI is InChI=1S/C26H46N2O7/c1-3-5-6-7-8-9-10-11-12-13-16-21(25(32)33)18-19-23(30)27-28(24(31)15-4-2)22(26(34)35)17-14-20-29/h20-22H,3-19H2,1-2H3,(H,27,30)(H,32,33)(H,34,35)/t21-,22-/m0/s1. The topological polar surface area (TPSA) is 141 Å². The summed E-state index contributed by atoms with van der Waals surface area (Å²) in [4.78, 5) is 58.8. The molecule has 3 N–H and O–H groups in total. The van der Waals surface area contributed by atoms with E-state index in [1.165, 1.54) is 38.5 Å². The summed E-state index contributed by atoms with van der Waals surface area (Å²) in [7, 11) is 0. The predicted octanol–water partition coefficient (Wildman–Crippen LogP) is 4.87. The SMILES string of the molecule is CCCCCCCCCCCC[C@@H](CCC(=O)NN(C(=O)CCC)[C@@H](CCC=O)C(=O)O)C(=O)O. The number of hydrazine groups is 1. The maximum atomic E-state index is 12.5. The summed E-state index contributed by atoms with van der Waals surface area (Å²) in [6.07, 6.45) is 12.9. The van der Waals surface area contributed by atoms with Gasteiger partial charge in [-0.3, -0.25) is 19.8 Å². The first kappa shape index (κ1) is 32.5. The Kier molecular flexibility index (Phi) is 19.4. The summed E-state index contributed by atoms with van der Waals surface area (Å²) in [6, 6.07) is -1.36. The number of aliphatic carboxylic acids is 2. The van der Waals surface area contributed by atoms with Crippen molar-refractivity contribution < 1.29 is 34.2 Å². The van der Waals surface area contributed by atoms with E-state index in [1.54, 1.807) is 6.92 Å². The molecule has 0 aromatic rings. The van der Waals surface area contributed by atoms with Crippen molar-refractivity contribution in [2.24, 2.45) is 5.92 Å². The summed E-state index contributed by atoms with van der Waals surface area (Å²) in [5.41, 5.74) is 2.35. The average molecular weight is 499 g/mol. The molecule has 0 fully saturated rings. The van der Waals surface area contributed by atoms with E-state index in [2.05, 4.69) is 12.3 Å². The fraction of sp³-hybridized carbons (Fsp3) is 0.808. The number of carbonyl (C=O) groups excluding carboxylic acids is 3. The lowest BCUT2D eigenvalue weighted by Crippen LogP contribution is -2.54. The monoisotopic (exact) mass is 498 g/mol. The molecule has 0 heterocycles. The largest absolute Gasteiger partial charge is 0.481 e. The number of carbonyl (C=O) groups is 5. The van der Waals surface area contributed by atoms with E-state index >= 15 is 0 Å². The van der Waals surface area contributed by atoms with Gasteiger partial charge in [0.15, 0.2) is 6.04 Å². The number of nitrogens with one attached hydrogen (secondary N) is 1. The van der Waals surface area contributed by atoms with E-state index in [9.17, 15) is 34.2 Å². The van der Waals surface area contributed by atoms with Gasteiger partial charge in [-0.1, -0.05) is 78.1 Å². The van der Waals surface area contributed by atoms with Crippen molar-refractivity contribution in [2.75, 3.05) is 0 Å². The molecular formula is C26H46N2O7. The van der Waals surface area contributed by atoms with Crippen LogP contribution < -0.4 is 5.43 Å². The second-order valence-electron chi connectivity index (χ2n) is 9.19. The van der Waals surface area contributed by atoms with Gasteiger partial charge in [0.25, 0.3) is 0 Å². The predicted molar refractivity (Wildman–Crippen MR) is 133 cm³/mol. The molecule has 0 aromatic carbocycles. The van der Waals surface area contributed by atoms with Crippen LogP contribution in [0.1, 0.15) is 123 Å². The molecule has 0 aliphatic rings. The number of carboxylic acid groups (broad SMARTS) is 2. The Bertz CT molecular complexity index is 639. The van der Waals surface area contributed by atoms with Gasteiger partial charge < -0.3 is 15.0 Å². The van der Waals surface area contributed by atoms with Crippen molar-refractivity contribution in [3.05, 3.63) is 0 Å². The zero-order valence-electron chi connectivity index (χ0n) is 21.6. The highest BCUT2D eigenvalue weighted by molar-refractivity contribution is 5.87. The molecule has 0 saturated carbocycles. The second kappa shape index (κ2) is 20.9. The molecule has 0 aliphatic heterocycles. The molecule has 2 atom stereocenters. The van der Waals surface area contributed by atoms with E-state index in [1.807, 2.05) is 0 Å². The molecule has 9 nitrogen and oxygen atoms in total. The van der Waals surface area contributed by atoms with E-state index in [4.69, 9.17) is 0 Å². The molecule has 202 valence electrons. The third-order valence-electron chi connectivity index (χ3n) is 6.11. The first-order valence-electron chi connectivity index (χ1n) is 13.3. The molecule has 0 saturated heterocycles. The smallest absolute Gasteiger partial charge is 0.328 e. The number of carboxylic acids is 2. The number of nitrogens with zero attached hydrogens (tertiary/aromatic N) is 1. The van der Waals surface area contributed by atoms with Crippen LogP contribution in [0.15, 0.2) is 0 Å². The Balaban J connectivity index is 4.58. The summed E-state index contributed by atoms with van der Waals surface area (Å²) in [5, 5.41) is 19.8. The van der Waals surface area contributed by atoms with E-state index in [0.717, 1.165) is 30.7 Å². The fourth-order valence-electron chi connectivity index (χ4n) is 4.00. The highest BCUT2D eigenvalue weighted by Crippen LogP contribution is 2.18. The molecule has 0 radical (unpaired) electrons. The van der Waals surface area contributed by atoms with Crippen molar-refractivity contribution in [1.82, 2.24) is 10.4 Å². The van der Waals surface area contributed by atoms with Crippen LogP contribution in [0.3, 0.4) is 0 Å². The van der Waals surface area contributed by atoms with Gasteiger partial charge >= 0.3 is 11.9 Å². The molecule has 0 aliphatic carbocycles. The van der Waals surface area contributed by atoms with Crippen LogP contribution in [0.5, 0.6) is 0 Å². The lowest BCUT2D eigenvalue weighted by molar-refractivity contribution is -0.156. The summed E-state index contributed by atoms with van der Waals surface area (Å²) >= 11 is 0. The average Bonchev–Trinajstić information content (AvgIpc) is 2.81. The maximum absolute atomic E-state index is 12.5. The lowest BCUT2D eigenvalue weighted by Gasteiger charge is -2.29. The third kappa shape index (κ3) is 16.0. The molecule has 0 unspecified atom stereocenters. The number of amides is 2. The van der Waals surface area contributed by atoms with Crippen molar-refractivity contribution >= 4 is 30.0 Å². The quantitative estimate of drug-likeness (QED) is 0.110. The van der Waals surface area contributed by atoms with Crippen molar-refractivity contribution in [2.45, 2.75) is 129 Å². The highest BCUT2D eigenvalue weighted by Gasteiger charge is 2.30. The van der Waals surface area contributed by atoms with Crippen molar-refractivity contribution in [3.8, 4) is 0 Å². The molecule has 0 aromatic heterocycles. The van der Waals surface area contributed by atoms with Gasteiger partial charge in [0.05, 0.1) is 5.92 Å². The second-order valence-corrected chi connectivity index (χ2v) is 9.19. The number of hydrogen-bond acceptors (Lipinski definition) is 5. The zero-order chi connectivity index (χ0) is 26.5. The molecule has 35 heavy (non-hydrogen) atoms. The Morgan fingerprint density at radius 3 is 1.80 bits per heavy atom. The molecule has 0 rings (SSSR count). The van der Waals surface area contributed by atoms with E-state index in [-0.39, 0.29) is 32.1 Å². The maximum Gasteiger partial charge on any atom is 0.328 e. The Labute approximate surface area is 210 Å². The minimum atomic E-state index is -1.36. The number of aldehydes is 1. The fourth-order valence-corrected chi connectivity index (χ4v) is 4.00. The van der Waals surface area contributed by atoms with Crippen molar-refractivity contribution in [1.29, 1.82) is 0 Å². The molecule has 9 heteroatoms. The minimum Gasteiger partial charge on any atom is -0.481 e. The van der Waals surface area contributed by atoms with Gasteiger partial charge in [-0.25, -0.2) is 9.80 Å². The van der Waals surface area contributed by atoms with Crippen LogP contribution >= 0.6 is 0 Å². The number of rotatable bonds is 22. The summed E-state index contributed by atoms with van der Waals surface area (Å²) in [6.45, 7) is 3.96. The minimum absolute atomic E-state index is 0.0433. The van der Waals surface area contributed by atoms with E-state index in [0.29, 0.717) is 19.1 Å². The molecule has 0 spiro atoms. The van der Waals surface area contributed by atoms with Crippen molar-refractivity contribution in [3.63, 3.8) is 0 Å². The van der Waals surface area contributed by atoms with Crippen LogP contribution in [0.25, 0.3) is 0 Å². The number of hydrogen-bond donors (Lipinski definition) is 3. The van der Waals surface area contributed by atoms with Crippen LogP contribution in [0.2, 0.25) is 0 Å². The summed E-state index contributed by atoms with van der Waals surface area (Å²) in [5.74, 6) is -4.11. The van der Waals surface area contributed by atoms with Crippen LogP contribution in [-0.4, -0.2) is 51.3 Å². The lowest BCUT2D eigenvalue weighted by atomic mass is 9.95. The van der Waals surface area contributed by atoms with Crippen LogP contribution in [0, 0.1) is 5.92 Å². The van der Waals surface area contributed by atoms with Gasteiger partial charge in [0.1, 0.15) is 6.29 Å². The van der Waals surface area contributed by atoms with Gasteiger partial charge in [-0.15, -0.1) is 0 Å². The first-order valence-corrected chi connectivity index (χ1v) is 13.3. The third-order valence-corrected chi connectivity index (χ3v) is 6.11. The first-order chi connectivity index (χ1) is 16.8. The van der Waals surface area contributed by atoms with Crippen LogP contribution in [0.4, 0.5) is 0 Å². The number of unbranched alkanes of at least 4 members (excludes halogenated alkanes) is 9. The zero-order valence-corrected chi connectivity index (χ0v) is 21.6. The van der Waals surface area contributed by atoms with Gasteiger partial charge in [-0.2, -0.15) is 0 Å². The van der Waals surface area contributed by atoms with Crippen LogP contribution in [-0.2, 0) is 24.0 Å². The Hall–Kier alpha value is -2.45. The van der Waals surface area contributed by atoms with E-state index < -0.39 is 35.7 Å². The highest BCUT2D eigenvalue weighted by atomic mass is 16.4. The normalized spacial score (nSPS) is 12.5. The molecular weight excluding hydrogens is 452 g/mol. The molecule has 2 amide bonds. The molecule has 0 bridgehead atoms. The Morgan fingerprint density at radius 2 is 1.31 bits per heavy atom. The van der Waals surface area contributed by atoms with Gasteiger partial charge in [-0.05, 0) is 25.7 Å². The van der Waals surface area contributed by atoms with Gasteiger partial charge in [0.2, 0.25) is 11.8 Å². The summed E-state index contributed by atoms with van der Waals surface area (Å²) < 4.78 is 0. The van der Waals surface area contributed by atoms with Gasteiger partial charge in [0, 0.05) is 19.3 Å². The Morgan fingerprint density at radius 1 is 0.743 bits per heavy atom.